The molecule has 2 aromatic carbocycles. The van der Waals surface area contributed by atoms with Gasteiger partial charge in [0, 0.05) is 12.7 Å². The molecule has 3 rings (SSSR count). The second-order valence-electron chi connectivity index (χ2n) is 6.80. The first-order chi connectivity index (χ1) is 14.2. The van der Waals surface area contributed by atoms with Gasteiger partial charge in [0.25, 0.3) is 5.91 Å². The third-order valence-electron chi connectivity index (χ3n) is 4.61. The van der Waals surface area contributed by atoms with E-state index in [4.69, 9.17) is 0 Å². The van der Waals surface area contributed by atoms with Crippen LogP contribution in [0, 0.1) is 0 Å². The zero-order valence-corrected chi connectivity index (χ0v) is 17.4. The number of sulfonamides is 1. The molecule has 1 aliphatic rings. The van der Waals surface area contributed by atoms with Crippen LogP contribution in [0.2, 0.25) is 0 Å². The molecule has 0 spiro atoms. The number of benzene rings is 2. The summed E-state index contributed by atoms with van der Waals surface area (Å²) in [5.74, 6) is -1.45. The summed E-state index contributed by atoms with van der Waals surface area (Å²) in [6.45, 7) is 1.39. The van der Waals surface area contributed by atoms with Crippen molar-refractivity contribution in [2.45, 2.75) is 18.2 Å². The van der Waals surface area contributed by atoms with Crippen molar-refractivity contribution in [3.05, 3.63) is 53.6 Å². The van der Waals surface area contributed by atoms with Crippen LogP contribution >= 0.6 is 0 Å². The van der Waals surface area contributed by atoms with Gasteiger partial charge < -0.3 is 16.0 Å². The number of hydrogen-bond donors (Lipinski definition) is 3. The topological polar surface area (TPSA) is 125 Å². The molecule has 0 atom stereocenters. The number of fused-ring (bicyclic) bond motifs is 1. The Bertz CT molecular complexity index is 1110. The molecule has 0 bridgehead atoms. The second-order valence-corrected chi connectivity index (χ2v) is 8.85. The van der Waals surface area contributed by atoms with E-state index in [2.05, 4.69) is 16.0 Å². The van der Waals surface area contributed by atoms with Crippen LogP contribution in [-0.4, -0.2) is 50.6 Å². The van der Waals surface area contributed by atoms with E-state index >= 15 is 0 Å². The van der Waals surface area contributed by atoms with E-state index in [1.165, 1.54) is 25.2 Å². The Morgan fingerprint density at radius 2 is 1.93 bits per heavy atom. The first-order valence-electron chi connectivity index (χ1n) is 9.28. The van der Waals surface area contributed by atoms with Gasteiger partial charge in [0.1, 0.15) is 0 Å². The minimum atomic E-state index is -4.04. The Balaban J connectivity index is 1.77. The van der Waals surface area contributed by atoms with Gasteiger partial charge in [-0.15, -0.1) is 0 Å². The lowest BCUT2D eigenvalue weighted by Crippen LogP contribution is -2.35. The summed E-state index contributed by atoms with van der Waals surface area (Å²) in [7, 11) is -2.76. The second kappa shape index (κ2) is 8.64. The summed E-state index contributed by atoms with van der Waals surface area (Å²) < 4.78 is 26.7. The Hall–Kier alpha value is -3.24. The highest BCUT2D eigenvalue weighted by molar-refractivity contribution is 7.89. The molecule has 0 fully saturated rings. The lowest BCUT2D eigenvalue weighted by Gasteiger charge is -2.18. The van der Waals surface area contributed by atoms with E-state index in [0.29, 0.717) is 5.69 Å². The number of amides is 3. The zero-order chi connectivity index (χ0) is 21.9. The van der Waals surface area contributed by atoms with Gasteiger partial charge in [-0.3, -0.25) is 14.4 Å². The molecule has 2 aromatic rings. The van der Waals surface area contributed by atoms with E-state index in [9.17, 15) is 22.8 Å². The van der Waals surface area contributed by atoms with Gasteiger partial charge in [-0.25, -0.2) is 8.42 Å². The summed E-state index contributed by atoms with van der Waals surface area (Å²) in [6, 6.07) is 11.1. The van der Waals surface area contributed by atoms with Gasteiger partial charge in [0.15, 0.2) is 0 Å². The first kappa shape index (κ1) is 21.5. The van der Waals surface area contributed by atoms with Gasteiger partial charge in [0.2, 0.25) is 21.8 Å². The number of carbonyl (C=O) groups is 3. The minimum Gasteiger partial charge on any atom is -0.343 e. The zero-order valence-electron chi connectivity index (χ0n) is 16.6. The number of aryl methyl sites for hydroxylation is 1. The molecule has 0 aromatic heterocycles. The molecule has 0 aliphatic carbocycles. The van der Waals surface area contributed by atoms with E-state index in [-0.39, 0.29) is 22.7 Å². The highest BCUT2D eigenvalue weighted by Crippen LogP contribution is 2.24. The van der Waals surface area contributed by atoms with Crippen molar-refractivity contribution in [1.29, 1.82) is 0 Å². The summed E-state index contributed by atoms with van der Waals surface area (Å²) in [5, 5.41) is 7.62. The third kappa shape index (κ3) is 4.66. The van der Waals surface area contributed by atoms with Crippen LogP contribution in [-0.2, 0) is 26.0 Å². The average molecular weight is 430 g/mol. The van der Waals surface area contributed by atoms with Gasteiger partial charge in [-0.2, -0.15) is 4.31 Å². The van der Waals surface area contributed by atoms with E-state index < -0.39 is 34.3 Å². The normalized spacial score (nSPS) is 13.8. The van der Waals surface area contributed by atoms with Crippen molar-refractivity contribution in [3.63, 3.8) is 0 Å². The smallest absolute Gasteiger partial charge is 0.253 e. The third-order valence-corrected chi connectivity index (χ3v) is 6.41. The van der Waals surface area contributed by atoms with Crippen LogP contribution in [0.3, 0.4) is 0 Å². The molecule has 10 heteroatoms. The molecule has 0 saturated carbocycles. The summed E-state index contributed by atoms with van der Waals surface area (Å²) in [4.78, 5) is 35.9. The summed E-state index contributed by atoms with van der Waals surface area (Å²) >= 11 is 0. The van der Waals surface area contributed by atoms with Crippen LogP contribution < -0.4 is 16.0 Å². The van der Waals surface area contributed by atoms with Crippen LogP contribution in [0.4, 0.5) is 11.4 Å². The SMILES string of the molecule is CCc1cccc(NC(=O)CN(C)S(=O)(=O)c2ccc3c(c2)C(=O)NCC(=O)N3)c1. The summed E-state index contributed by atoms with van der Waals surface area (Å²) in [6.07, 6.45) is 0.810. The van der Waals surface area contributed by atoms with E-state index in [0.717, 1.165) is 16.3 Å². The van der Waals surface area contributed by atoms with E-state index in [1.807, 2.05) is 25.1 Å². The Morgan fingerprint density at radius 1 is 1.17 bits per heavy atom. The molecule has 30 heavy (non-hydrogen) atoms. The number of carbonyl (C=O) groups excluding carboxylic acids is 3. The number of anilines is 2. The van der Waals surface area contributed by atoms with Gasteiger partial charge in [-0.1, -0.05) is 19.1 Å². The van der Waals surface area contributed by atoms with Crippen molar-refractivity contribution in [1.82, 2.24) is 9.62 Å². The predicted octanol–water partition coefficient (Wildman–Crippen LogP) is 1.19. The molecule has 3 N–H and O–H groups in total. The first-order valence-corrected chi connectivity index (χ1v) is 10.7. The molecule has 1 aliphatic heterocycles. The Morgan fingerprint density at radius 3 is 2.67 bits per heavy atom. The Labute approximate surface area is 174 Å². The van der Waals surface area contributed by atoms with Crippen molar-refractivity contribution >= 4 is 39.1 Å². The quantitative estimate of drug-likeness (QED) is 0.635. The van der Waals surface area contributed by atoms with Gasteiger partial charge >= 0.3 is 0 Å². The van der Waals surface area contributed by atoms with Crippen LogP contribution in [0.25, 0.3) is 0 Å². The monoisotopic (exact) mass is 430 g/mol. The van der Waals surface area contributed by atoms with Crippen molar-refractivity contribution < 1.29 is 22.8 Å². The van der Waals surface area contributed by atoms with Crippen molar-refractivity contribution in [2.24, 2.45) is 0 Å². The highest BCUT2D eigenvalue weighted by Gasteiger charge is 2.26. The molecule has 158 valence electrons. The van der Waals surface area contributed by atoms with Crippen molar-refractivity contribution in [3.8, 4) is 0 Å². The van der Waals surface area contributed by atoms with Gasteiger partial charge in [0.05, 0.1) is 29.2 Å². The number of hydrogen-bond acceptors (Lipinski definition) is 5. The number of nitrogens with zero attached hydrogens (tertiary/aromatic N) is 1. The predicted molar refractivity (Wildman–Crippen MR) is 112 cm³/mol. The van der Waals surface area contributed by atoms with Crippen LogP contribution in [0.1, 0.15) is 22.8 Å². The van der Waals surface area contributed by atoms with Crippen LogP contribution in [0.15, 0.2) is 47.4 Å². The molecule has 9 nitrogen and oxygen atoms in total. The van der Waals surface area contributed by atoms with Gasteiger partial charge in [-0.05, 0) is 42.3 Å². The standard InChI is InChI=1S/C20H22N4O5S/c1-3-13-5-4-6-14(9-13)22-19(26)12-24(2)30(28,29)15-7-8-17-16(10-15)20(27)21-11-18(25)23-17/h4-10H,3,11-12H2,1-2H3,(H,21,27)(H,22,26)(H,23,25). The molecule has 0 unspecified atom stereocenters. The number of nitrogens with one attached hydrogen (secondary N) is 3. The molecular formula is C20H22N4O5S. The maximum absolute atomic E-state index is 12.9. The molecular weight excluding hydrogens is 408 g/mol. The lowest BCUT2D eigenvalue weighted by atomic mass is 10.1. The summed E-state index contributed by atoms with van der Waals surface area (Å²) in [5.41, 5.74) is 1.90. The average Bonchev–Trinajstić information content (AvgIpc) is 2.85. The lowest BCUT2D eigenvalue weighted by molar-refractivity contribution is -0.116. The molecule has 1 heterocycles. The number of likely N-dealkylation sites (N-methyl/N-ethyl adjacent to an activating group) is 1. The van der Waals surface area contributed by atoms with E-state index in [1.54, 1.807) is 6.07 Å². The fourth-order valence-electron chi connectivity index (χ4n) is 2.97. The largest absolute Gasteiger partial charge is 0.343 e. The molecule has 0 radical (unpaired) electrons. The van der Waals surface area contributed by atoms with Crippen LogP contribution in [0.5, 0.6) is 0 Å². The minimum absolute atomic E-state index is 0.0381. The fraction of sp³-hybridized carbons (Fsp3) is 0.250. The maximum Gasteiger partial charge on any atom is 0.253 e. The van der Waals surface area contributed by atoms with Crippen molar-refractivity contribution in [2.75, 3.05) is 30.8 Å². The molecule has 3 amide bonds. The Kier molecular flexibility index (Phi) is 6.18. The fourth-order valence-corrected chi connectivity index (χ4v) is 4.12. The molecule has 0 saturated heterocycles. The number of rotatable bonds is 6. The highest BCUT2D eigenvalue weighted by atomic mass is 32.2. The maximum atomic E-state index is 12.9.